The van der Waals surface area contributed by atoms with Crippen LogP contribution in [0, 0.1) is 5.92 Å². The van der Waals surface area contributed by atoms with Crippen LogP contribution in [0.15, 0.2) is 0 Å². The highest BCUT2D eigenvalue weighted by molar-refractivity contribution is 5.74. The number of carbonyl (C=O) groups excluding carboxylic acids is 1. The van der Waals surface area contributed by atoms with E-state index in [2.05, 4.69) is 0 Å². The van der Waals surface area contributed by atoms with Gasteiger partial charge in [-0.3, -0.25) is 0 Å². The summed E-state index contributed by atoms with van der Waals surface area (Å²) in [7, 11) is 0. The molecule has 1 heterocycles. The summed E-state index contributed by atoms with van der Waals surface area (Å²) in [5, 5.41) is 9.52. The highest BCUT2D eigenvalue weighted by Gasteiger charge is 2.28. The summed E-state index contributed by atoms with van der Waals surface area (Å²) in [6.07, 6.45) is 0.724. The summed E-state index contributed by atoms with van der Waals surface area (Å²) in [6, 6.07) is 0. The number of aliphatic hydroxyl groups excluding tert-OH is 1. The van der Waals surface area contributed by atoms with Crippen LogP contribution >= 0.6 is 0 Å². The van der Waals surface area contributed by atoms with Crippen molar-refractivity contribution in [3.05, 3.63) is 0 Å². The molecule has 1 N–H and O–H groups in total. The Kier molecular flexibility index (Phi) is 4.18. The fourth-order valence-corrected chi connectivity index (χ4v) is 1.43. The molecule has 2 atom stereocenters. The molecule has 1 rings (SSSR count). The number of carbonyl (C=O) groups is 1. The molecule has 4 heteroatoms. The Labute approximate surface area is 77.8 Å². The molecule has 0 bridgehead atoms. The molecule has 4 nitrogen and oxygen atoms in total. The van der Waals surface area contributed by atoms with Gasteiger partial charge in [-0.05, 0) is 19.8 Å². The molecular formula is C9H16O4. The van der Waals surface area contributed by atoms with Gasteiger partial charge in [0.05, 0.1) is 13.2 Å². The number of rotatable bonds is 3. The number of hydrogen-bond donors (Lipinski definition) is 1. The smallest absolute Gasteiger partial charge is 0.335 e. The number of esters is 1. The monoisotopic (exact) mass is 188 g/mol. The van der Waals surface area contributed by atoms with Crippen LogP contribution in [0.5, 0.6) is 0 Å². The minimum absolute atomic E-state index is 0.0900. The maximum absolute atomic E-state index is 11.1. The summed E-state index contributed by atoms with van der Waals surface area (Å²) in [5.74, 6) is -0.620. The number of ether oxygens (including phenoxy) is 2. The maximum atomic E-state index is 11.1. The Bertz CT molecular complexity index is 163. The van der Waals surface area contributed by atoms with Crippen molar-refractivity contribution in [2.45, 2.75) is 25.9 Å². The zero-order valence-corrected chi connectivity index (χ0v) is 7.86. The van der Waals surface area contributed by atoms with E-state index in [9.17, 15) is 9.90 Å². The highest BCUT2D eigenvalue weighted by atomic mass is 16.5. The molecule has 0 spiro atoms. The lowest BCUT2D eigenvalue weighted by atomic mass is 9.96. The maximum Gasteiger partial charge on any atom is 0.335 e. The summed E-state index contributed by atoms with van der Waals surface area (Å²) >= 11 is 0. The van der Waals surface area contributed by atoms with Crippen LogP contribution in [0.25, 0.3) is 0 Å². The first-order valence-electron chi connectivity index (χ1n) is 4.68. The van der Waals surface area contributed by atoms with Gasteiger partial charge < -0.3 is 14.6 Å². The van der Waals surface area contributed by atoms with Crippen LogP contribution < -0.4 is 0 Å². The van der Waals surface area contributed by atoms with E-state index >= 15 is 0 Å². The Morgan fingerprint density at radius 1 is 1.77 bits per heavy atom. The molecule has 0 aromatic heterocycles. The van der Waals surface area contributed by atoms with Gasteiger partial charge in [-0.25, -0.2) is 4.79 Å². The van der Waals surface area contributed by atoms with E-state index in [0.717, 1.165) is 19.4 Å². The Balaban J connectivity index is 2.35. The fraction of sp³-hybridized carbons (Fsp3) is 0.889. The lowest BCUT2D eigenvalue weighted by molar-refractivity contribution is -0.159. The first-order valence-corrected chi connectivity index (χ1v) is 4.68. The summed E-state index contributed by atoms with van der Waals surface area (Å²) in [6.45, 7) is 3.22. The predicted molar refractivity (Wildman–Crippen MR) is 46.2 cm³/mol. The zero-order chi connectivity index (χ0) is 9.68. The zero-order valence-electron chi connectivity index (χ0n) is 7.86. The van der Waals surface area contributed by atoms with Crippen LogP contribution in [-0.2, 0) is 14.3 Å². The lowest BCUT2D eigenvalue weighted by Gasteiger charge is -2.25. The average Bonchev–Trinajstić information content (AvgIpc) is 2.18. The van der Waals surface area contributed by atoms with Crippen LogP contribution in [0.3, 0.4) is 0 Å². The van der Waals surface area contributed by atoms with E-state index in [0.29, 0.717) is 13.2 Å². The van der Waals surface area contributed by atoms with E-state index < -0.39 is 12.1 Å². The number of hydrogen-bond acceptors (Lipinski definition) is 4. The van der Waals surface area contributed by atoms with Crippen molar-refractivity contribution in [1.29, 1.82) is 0 Å². The van der Waals surface area contributed by atoms with Crippen molar-refractivity contribution < 1.29 is 19.4 Å². The molecule has 0 amide bonds. The molecule has 1 fully saturated rings. The third-order valence-corrected chi connectivity index (χ3v) is 2.17. The van der Waals surface area contributed by atoms with Crippen molar-refractivity contribution >= 4 is 5.97 Å². The third-order valence-electron chi connectivity index (χ3n) is 2.17. The largest absolute Gasteiger partial charge is 0.464 e. The molecule has 1 aliphatic heterocycles. The van der Waals surface area contributed by atoms with Gasteiger partial charge in [0, 0.05) is 12.5 Å². The highest BCUT2D eigenvalue weighted by Crippen LogP contribution is 2.18. The molecule has 0 aromatic carbocycles. The van der Waals surface area contributed by atoms with Crippen molar-refractivity contribution in [2.75, 3.05) is 19.8 Å². The summed E-state index contributed by atoms with van der Waals surface area (Å²) in [4.78, 5) is 11.1. The average molecular weight is 188 g/mol. The molecule has 0 radical (unpaired) electrons. The summed E-state index contributed by atoms with van der Waals surface area (Å²) in [5.41, 5.74) is 0. The molecule has 1 aliphatic rings. The summed E-state index contributed by atoms with van der Waals surface area (Å²) < 4.78 is 9.88. The van der Waals surface area contributed by atoms with E-state index in [1.54, 1.807) is 6.92 Å². The topological polar surface area (TPSA) is 55.8 Å². The minimum Gasteiger partial charge on any atom is -0.464 e. The van der Waals surface area contributed by atoms with E-state index in [1.807, 2.05) is 0 Å². The van der Waals surface area contributed by atoms with Gasteiger partial charge in [-0.2, -0.15) is 0 Å². The molecule has 76 valence electrons. The van der Waals surface area contributed by atoms with Crippen molar-refractivity contribution in [2.24, 2.45) is 5.92 Å². The van der Waals surface area contributed by atoms with Gasteiger partial charge in [0.1, 0.15) is 0 Å². The predicted octanol–water partition coefficient (Wildman–Crippen LogP) is 0.337. The second-order valence-corrected chi connectivity index (χ2v) is 3.17. The second-order valence-electron chi connectivity index (χ2n) is 3.17. The van der Waals surface area contributed by atoms with Crippen molar-refractivity contribution in [3.8, 4) is 0 Å². The van der Waals surface area contributed by atoms with Gasteiger partial charge in [0.25, 0.3) is 0 Å². The molecule has 0 saturated carbocycles. The fourth-order valence-electron chi connectivity index (χ4n) is 1.43. The quantitative estimate of drug-likeness (QED) is 0.649. The number of aliphatic hydroxyl groups is 1. The van der Waals surface area contributed by atoms with Gasteiger partial charge in [-0.1, -0.05) is 0 Å². The normalized spacial score (nSPS) is 25.2. The SMILES string of the molecule is CCOC(=O)C(O)C1CCCOC1. The molecule has 13 heavy (non-hydrogen) atoms. The van der Waals surface area contributed by atoms with Crippen LogP contribution in [0.1, 0.15) is 19.8 Å². The van der Waals surface area contributed by atoms with Gasteiger partial charge in [0.15, 0.2) is 6.10 Å². The van der Waals surface area contributed by atoms with E-state index in [1.165, 1.54) is 0 Å². The Morgan fingerprint density at radius 2 is 2.54 bits per heavy atom. The molecular weight excluding hydrogens is 172 g/mol. The van der Waals surface area contributed by atoms with Gasteiger partial charge in [0.2, 0.25) is 0 Å². The van der Waals surface area contributed by atoms with Gasteiger partial charge >= 0.3 is 5.97 Å². The van der Waals surface area contributed by atoms with E-state index in [4.69, 9.17) is 9.47 Å². The minimum atomic E-state index is -1.01. The molecule has 2 unspecified atom stereocenters. The standard InChI is InChI=1S/C9H16O4/c1-2-13-9(11)8(10)7-4-3-5-12-6-7/h7-8,10H,2-6H2,1H3. The first-order chi connectivity index (χ1) is 6.25. The van der Waals surface area contributed by atoms with Gasteiger partial charge in [-0.15, -0.1) is 0 Å². The molecule has 1 saturated heterocycles. The van der Waals surface area contributed by atoms with Crippen LogP contribution in [0.2, 0.25) is 0 Å². The van der Waals surface area contributed by atoms with Crippen molar-refractivity contribution in [1.82, 2.24) is 0 Å². The Hall–Kier alpha value is -0.610. The second kappa shape index (κ2) is 5.19. The van der Waals surface area contributed by atoms with Crippen LogP contribution in [-0.4, -0.2) is 37.0 Å². The van der Waals surface area contributed by atoms with Crippen molar-refractivity contribution in [3.63, 3.8) is 0 Å². The van der Waals surface area contributed by atoms with Crippen LogP contribution in [0.4, 0.5) is 0 Å². The third kappa shape index (κ3) is 2.97. The first kappa shape index (κ1) is 10.5. The van der Waals surface area contributed by atoms with E-state index in [-0.39, 0.29) is 5.92 Å². The molecule has 0 aromatic rings. The Morgan fingerprint density at radius 3 is 3.08 bits per heavy atom. The lowest BCUT2D eigenvalue weighted by Crippen LogP contribution is -2.36. The molecule has 0 aliphatic carbocycles.